The van der Waals surface area contributed by atoms with E-state index in [2.05, 4.69) is 10.6 Å². The summed E-state index contributed by atoms with van der Waals surface area (Å²) in [6.45, 7) is 1.85. The molecule has 0 bridgehead atoms. The van der Waals surface area contributed by atoms with Gasteiger partial charge in [-0.15, -0.1) is 0 Å². The first-order chi connectivity index (χ1) is 16.2. The minimum atomic E-state index is -1.14. The van der Waals surface area contributed by atoms with Gasteiger partial charge in [0.2, 0.25) is 5.91 Å². The lowest BCUT2D eigenvalue weighted by Crippen LogP contribution is -2.53. The summed E-state index contributed by atoms with van der Waals surface area (Å²) < 4.78 is 9.94. The van der Waals surface area contributed by atoms with Crippen molar-refractivity contribution in [2.24, 2.45) is 0 Å². The monoisotopic (exact) mass is 472 g/mol. The van der Waals surface area contributed by atoms with Crippen molar-refractivity contribution in [2.45, 2.75) is 50.7 Å². The van der Waals surface area contributed by atoms with Crippen LogP contribution in [-0.2, 0) is 32.0 Å². The number of aromatic hydroxyl groups is 1. The van der Waals surface area contributed by atoms with Crippen molar-refractivity contribution >= 4 is 17.8 Å². The topological polar surface area (TPSA) is 134 Å². The number of hydrogen-bond donors (Lipinski definition) is 4. The lowest BCUT2D eigenvalue weighted by molar-refractivity contribution is -0.145. The number of amides is 1. The molecule has 9 heteroatoms. The SMILES string of the molecule is COC(=O)[C@H](Cc1ccccc1)NC(=O)[C@H](CC(=O)O)NC(C)CCc1ccc(O)c(OC)c1. The first-order valence-corrected chi connectivity index (χ1v) is 11.0. The molecule has 2 aromatic carbocycles. The molecule has 2 rings (SSSR count). The largest absolute Gasteiger partial charge is 0.504 e. The second kappa shape index (κ2) is 13.2. The van der Waals surface area contributed by atoms with Gasteiger partial charge in [0, 0.05) is 12.5 Å². The molecule has 0 fully saturated rings. The van der Waals surface area contributed by atoms with Crippen molar-refractivity contribution in [2.75, 3.05) is 14.2 Å². The van der Waals surface area contributed by atoms with Crippen LogP contribution in [0.1, 0.15) is 30.9 Å². The number of methoxy groups -OCH3 is 2. The predicted molar refractivity (Wildman–Crippen MR) is 126 cm³/mol. The number of carbonyl (C=O) groups excluding carboxylic acids is 2. The molecule has 0 aliphatic rings. The Hall–Kier alpha value is -3.59. The zero-order chi connectivity index (χ0) is 25.1. The molecule has 0 aromatic heterocycles. The van der Waals surface area contributed by atoms with E-state index >= 15 is 0 Å². The van der Waals surface area contributed by atoms with Crippen LogP contribution in [0.5, 0.6) is 11.5 Å². The summed E-state index contributed by atoms with van der Waals surface area (Å²) in [5, 5.41) is 24.7. The Kier molecular flexibility index (Phi) is 10.3. The van der Waals surface area contributed by atoms with Gasteiger partial charge in [-0.25, -0.2) is 4.79 Å². The fourth-order valence-corrected chi connectivity index (χ4v) is 3.55. The normalized spacial score (nSPS) is 13.4. The molecule has 0 spiro atoms. The van der Waals surface area contributed by atoms with Crippen molar-refractivity contribution in [3.05, 3.63) is 59.7 Å². The standard InChI is InChI=1S/C25H32N2O7/c1-16(9-10-18-11-12-21(28)22(14-18)33-2)26-19(15-23(29)30)24(31)27-20(25(32)34-3)13-17-7-5-4-6-8-17/h4-8,11-12,14,16,19-20,26,28H,9-10,13,15H2,1-3H3,(H,27,31)(H,29,30)/t16?,19-,20-/m0/s1. The molecule has 0 saturated heterocycles. The molecule has 34 heavy (non-hydrogen) atoms. The number of aryl methyl sites for hydroxylation is 1. The molecule has 1 unspecified atom stereocenters. The van der Waals surface area contributed by atoms with Gasteiger partial charge in [-0.3, -0.25) is 9.59 Å². The molecule has 1 amide bonds. The van der Waals surface area contributed by atoms with Gasteiger partial charge in [0.15, 0.2) is 11.5 Å². The van der Waals surface area contributed by atoms with Crippen LogP contribution in [0.15, 0.2) is 48.5 Å². The fourth-order valence-electron chi connectivity index (χ4n) is 3.55. The number of carboxylic acids is 1. The van der Waals surface area contributed by atoms with E-state index in [0.717, 1.165) is 11.1 Å². The molecule has 0 heterocycles. The van der Waals surface area contributed by atoms with Gasteiger partial charge in [0.1, 0.15) is 6.04 Å². The third kappa shape index (κ3) is 8.40. The molecule has 9 nitrogen and oxygen atoms in total. The molecule has 0 aliphatic carbocycles. The van der Waals surface area contributed by atoms with Gasteiger partial charge in [-0.1, -0.05) is 36.4 Å². The van der Waals surface area contributed by atoms with Crippen LogP contribution in [0.3, 0.4) is 0 Å². The van der Waals surface area contributed by atoms with Crippen LogP contribution in [0, 0.1) is 0 Å². The summed E-state index contributed by atoms with van der Waals surface area (Å²) in [7, 11) is 2.71. The van der Waals surface area contributed by atoms with E-state index in [0.29, 0.717) is 18.6 Å². The number of aliphatic carboxylic acids is 1. The van der Waals surface area contributed by atoms with Crippen molar-refractivity contribution in [1.82, 2.24) is 10.6 Å². The summed E-state index contributed by atoms with van der Waals surface area (Å²) in [4.78, 5) is 36.6. The minimum absolute atomic E-state index is 0.0475. The lowest BCUT2D eigenvalue weighted by Gasteiger charge is -2.24. The molecule has 2 aromatic rings. The summed E-state index contributed by atoms with van der Waals surface area (Å²) in [5.41, 5.74) is 1.76. The quantitative estimate of drug-likeness (QED) is 0.326. The van der Waals surface area contributed by atoms with E-state index in [4.69, 9.17) is 9.47 Å². The highest BCUT2D eigenvalue weighted by Crippen LogP contribution is 2.26. The molecule has 0 aliphatic heterocycles. The van der Waals surface area contributed by atoms with Gasteiger partial charge in [0.05, 0.1) is 26.7 Å². The maximum atomic E-state index is 12.9. The molecule has 3 atom stereocenters. The van der Waals surface area contributed by atoms with Gasteiger partial charge in [0.25, 0.3) is 0 Å². The molecular weight excluding hydrogens is 440 g/mol. The van der Waals surface area contributed by atoms with Gasteiger partial charge in [-0.05, 0) is 43.0 Å². The number of nitrogens with one attached hydrogen (secondary N) is 2. The highest BCUT2D eigenvalue weighted by Gasteiger charge is 2.28. The van der Waals surface area contributed by atoms with Gasteiger partial charge < -0.3 is 30.3 Å². The van der Waals surface area contributed by atoms with Crippen molar-refractivity contribution < 1.29 is 34.1 Å². The smallest absolute Gasteiger partial charge is 0.328 e. The highest BCUT2D eigenvalue weighted by atomic mass is 16.5. The summed E-state index contributed by atoms with van der Waals surface area (Å²) >= 11 is 0. The first kappa shape index (κ1) is 26.7. The number of hydrogen-bond acceptors (Lipinski definition) is 7. The second-order valence-electron chi connectivity index (χ2n) is 8.04. The molecule has 0 saturated carbocycles. The Morgan fingerprint density at radius 1 is 1.00 bits per heavy atom. The average Bonchev–Trinajstić information content (AvgIpc) is 2.82. The summed E-state index contributed by atoms with van der Waals surface area (Å²) in [6, 6.07) is 12.0. The predicted octanol–water partition coefficient (Wildman–Crippen LogP) is 2.06. The van der Waals surface area contributed by atoms with Gasteiger partial charge in [-0.2, -0.15) is 0 Å². The summed E-state index contributed by atoms with van der Waals surface area (Å²) in [6.07, 6.45) is 0.993. The first-order valence-electron chi connectivity index (χ1n) is 11.0. The minimum Gasteiger partial charge on any atom is -0.504 e. The molecule has 4 N–H and O–H groups in total. The lowest BCUT2D eigenvalue weighted by atomic mass is 10.0. The van der Waals surface area contributed by atoms with Crippen LogP contribution < -0.4 is 15.4 Å². The number of phenols is 1. The van der Waals surface area contributed by atoms with E-state index in [1.807, 2.05) is 37.3 Å². The maximum absolute atomic E-state index is 12.9. The zero-order valence-electron chi connectivity index (χ0n) is 19.6. The van der Waals surface area contributed by atoms with Gasteiger partial charge >= 0.3 is 11.9 Å². The number of ether oxygens (including phenoxy) is 2. The Balaban J connectivity index is 2.03. The Labute approximate surface area is 199 Å². The highest BCUT2D eigenvalue weighted by molar-refractivity contribution is 5.90. The fraction of sp³-hybridized carbons (Fsp3) is 0.400. The van der Waals surface area contributed by atoms with E-state index in [1.165, 1.54) is 14.2 Å². The van der Waals surface area contributed by atoms with E-state index in [-0.39, 0.29) is 18.2 Å². The van der Waals surface area contributed by atoms with E-state index in [9.17, 15) is 24.6 Å². The maximum Gasteiger partial charge on any atom is 0.328 e. The number of esters is 1. The van der Waals surface area contributed by atoms with Crippen LogP contribution in [0.4, 0.5) is 0 Å². The second-order valence-corrected chi connectivity index (χ2v) is 8.04. The Bertz CT molecular complexity index is 965. The van der Waals surface area contributed by atoms with Crippen molar-refractivity contribution in [3.63, 3.8) is 0 Å². The van der Waals surface area contributed by atoms with Crippen molar-refractivity contribution in [3.8, 4) is 11.5 Å². The molecular formula is C25H32N2O7. The number of carboxylic acid groups (broad SMARTS) is 1. The molecule has 184 valence electrons. The summed E-state index contributed by atoms with van der Waals surface area (Å²) in [5.74, 6) is -1.92. The van der Waals surface area contributed by atoms with Crippen LogP contribution >= 0.6 is 0 Å². The van der Waals surface area contributed by atoms with Crippen LogP contribution in [0.2, 0.25) is 0 Å². The van der Waals surface area contributed by atoms with Crippen molar-refractivity contribution in [1.29, 1.82) is 0 Å². The van der Waals surface area contributed by atoms with Crippen LogP contribution in [0.25, 0.3) is 0 Å². The van der Waals surface area contributed by atoms with E-state index in [1.54, 1.807) is 18.2 Å². The van der Waals surface area contributed by atoms with E-state index < -0.39 is 36.4 Å². The zero-order valence-corrected chi connectivity index (χ0v) is 19.6. The number of phenolic OH excluding ortho intramolecular Hbond substituents is 1. The third-order valence-corrected chi connectivity index (χ3v) is 5.38. The Morgan fingerprint density at radius 2 is 1.71 bits per heavy atom. The third-order valence-electron chi connectivity index (χ3n) is 5.38. The molecule has 0 radical (unpaired) electrons. The average molecular weight is 473 g/mol. The number of rotatable bonds is 13. The number of carbonyl (C=O) groups is 3. The van der Waals surface area contributed by atoms with Crippen LogP contribution in [-0.4, -0.2) is 60.4 Å². The Morgan fingerprint density at radius 3 is 2.32 bits per heavy atom. The number of benzene rings is 2.